The van der Waals surface area contributed by atoms with Crippen molar-refractivity contribution in [2.24, 2.45) is 0 Å². The van der Waals surface area contributed by atoms with Gasteiger partial charge in [-0.2, -0.15) is 0 Å². The number of nitrogens with one attached hydrogen (secondary N) is 2. The Morgan fingerprint density at radius 3 is 2.66 bits per heavy atom. The SMILES string of the molecule is COc1cc(/C=C/C(=O)NCCCCNC(=O)Oc2ccc3c(c2)CN2CCc4ccccc4C2N3C)ccc1O. The largest absolute Gasteiger partial charge is 0.504 e. The van der Waals surface area contributed by atoms with Crippen LogP contribution in [-0.4, -0.2) is 55.8 Å². The number of carbonyl (C=O) groups excluding carboxylic acids is 2. The fourth-order valence-electron chi connectivity index (χ4n) is 5.49. The number of fused-ring (bicyclic) bond motifs is 4. The Morgan fingerprint density at radius 1 is 1.02 bits per heavy atom. The number of hydrogen-bond acceptors (Lipinski definition) is 7. The Hall–Kier alpha value is -4.50. The first kappa shape index (κ1) is 28.0. The molecule has 0 saturated carbocycles. The second-order valence-electron chi connectivity index (χ2n) is 10.3. The molecule has 0 aromatic heterocycles. The zero-order valence-electron chi connectivity index (χ0n) is 23.4. The van der Waals surface area contributed by atoms with E-state index in [1.807, 2.05) is 18.2 Å². The normalized spacial score (nSPS) is 16.0. The summed E-state index contributed by atoms with van der Waals surface area (Å²) in [5.41, 5.74) is 5.80. The molecule has 0 aliphatic carbocycles. The predicted octanol–water partition coefficient (Wildman–Crippen LogP) is 4.61. The summed E-state index contributed by atoms with van der Waals surface area (Å²) in [7, 11) is 3.59. The number of rotatable bonds is 9. The van der Waals surface area contributed by atoms with Crippen molar-refractivity contribution in [1.29, 1.82) is 0 Å². The standard InChI is InChI=1S/C32H36N4O5/c1-35-27-12-11-25(20-24(27)21-36-18-15-23-7-3-4-8-26(23)31(35)36)41-32(39)34-17-6-5-16-33-30(38)14-10-22-9-13-28(37)29(19-22)40-2/h3-4,7-14,19-20,31,37H,5-6,15-18,21H2,1-2H3,(H,33,38)(H,34,39)/b14-10+. The lowest BCUT2D eigenvalue weighted by Gasteiger charge is -2.47. The minimum atomic E-state index is -0.491. The number of phenolic OH excluding ortho intramolecular Hbond substituents is 1. The Bertz CT molecular complexity index is 1440. The second kappa shape index (κ2) is 12.8. The minimum Gasteiger partial charge on any atom is -0.504 e. The molecule has 2 amide bonds. The third-order valence-electron chi connectivity index (χ3n) is 7.53. The van der Waals surface area contributed by atoms with Crippen LogP contribution in [0.3, 0.4) is 0 Å². The van der Waals surface area contributed by atoms with Gasteiger partial charge in [0.05, 0.1) is 7.11 Å². The average molecular weight is 557 g/mol. The van der Waals surface area contributed by atoms with Crippen LogP contribution in [0, 0.1) is 0 Å². The topological polar surface area (TPSA) is 103 Å². The first-order valence-corrected chi connectivity index (χ1v) is 13.9. The number of methoxy groups -OCH3 is 1. The maximum atomic E-state index is 12.4. The number of hydrogen-bond donors (Lipinski definition) is 3. The van der Waals surface area contributed by atoms with Gasteiger partial charge in [-0.05, 0) is 77.9 Å². The smallest absolute Gasteiger partial charge is 0.412 e. The average Bonchev–Trinajstić information content (AvgIpc) is 2.98. The van der Waals surface area contributed by atoms with Gasteiger partial charge in [-0.1, -0.05) is 30.3 Å². The van der Waals surface area contributed by atoms with E-state index in [0.717, 1.165) is 36.3 Å². The summed E-state index contributed by atoms with van der Waals surface area (Å²) in [6.45, 7) is 2.72. The molecule has 0 spiro atoms. The van der Waals surface area contributed by atoms with Gasteiger partial charge in [-0.25, -0.2) is 4.79 Å². The van der Waals surface area contributed by atoms with Crippen molar-refractivity contribution < 1.29 is 24.2 Å². The molecule has 41 heavy (non-hydrogen) atoms. The number of aromatic hydroxyl groups is 1. The highest BCUT2D eigenvalue weighted by Crippen LogP contribution is 2.42. The van der Waals surface area contributed by atoms with Crippen molar-refractivity contribution in [2.75, 3.05) is 38.7 Å². The minimum absolute atomic E-state index is 0.0458. The Balaban J connectivity index is 1.03. The summed E-state index contributed by atoms with van der Waals surface area (Å²) in [5.74, 6) is 0.697. The first-order valence-electron chi connectivity index (χ1n) is 13.9. The van der Waals surface area contributed by atoms with Crippen LogP contribution in [0.4, 0.5) is 10.5 Å². The third kappa shape index (κ3) is 6.63. The number of amides is 2. The lowest BCUT2D eigenvalue weighted by atomic mass is 9.93. The monoisotopic (exact) mass is 556 g/mol. The van der Waals surface area contributed by atoms with E-state index in [0.29, 0.717) is 37.4 Å². The molecule has 9 nitrogen and oxygen atoms in total. The van der Waals surface area contributed by atoms with E-state index in [9.17, 15) is 14.7 Å². The van der Waals surface area contributed by atoms with E-state index in [1.165, 1.54) is 30.4 Å². The Kier molecular flexibility index (Phi) is 8.74. The van der Waals surface area contributed by atoms with E-state index in [1.54, 1.807) is 18.2 Å². The number of carbonyl (C=O) groups is 2. The number of anilines is 1. The second-order valence-corrected chi connectivity index (χ2v) is 10.3. The summed E-state index contributed by atoms with van der Waals surface area (Å²) < 4.78 is 10.6. The highest BCUT2D eigenvalue weighted by Gasteiger charge is 2.35. The van der Waals surface area contributed by atoms with Crippen LogP contribution < -0.4 is 25.0 Å². The summed E-state index contributed by atoms with van der Waals surface area (Å²) in [6.07, 6.45) is 5.24. The summed E-state index contributed by atoms with van der Waals surface area (Å²) in [6, 6.07) is 19.3. The maximum Gasteiger partial charge on any atom is 0.412 e. The molecule has 5 rings (SSSR count). The zero-order chi connectivity index (χ0) is 28.8. The van der Waals surface area contributed by atoms with Crippen LogP contribution >= 0.6 is 0 Å². The van der Waals surface area contributed by atoms with Crippen molar-refractivity contribution in [1.82, 2.24) is 15.5 Å². The van der Waals surface area contributed by atoms with Crippen molar-refractivity contribution in [3.63, 3.8) is 0 Å². The van der Waals surface area contributed by atoms with E-state index in [4.69, 9.17) is 9.47 Å². The van der Waals surface area contributed by atoms with Crippen molar-refractivity contribution in [3.8, 4) is 17.2 Å². The molecule has 3 aromatic rings. The van der Waals surface area contributed by atoms with Gasteiger partial charge >= 0.3 is 6.09 Å². The van der Waals surface area contributed by atoms with Crippen LogP contribution in [0.2, 0.25) is 0 Å². The van der Waals surface area contributed by atoms with Gasteiger partial charge in [0, 0.05) is 45.0 Å². The first-order chi connectivity index (χ1) is 19.9. The fourth-order valence-corrected chi connectivity index (χ4v) is 5.49. The Labute approximate surface area is 240 Å². The van der Waals surface area contributed by atoms with E-state index in [-0.39, 0.29) is 17.8 Å². The summed E-state index contributed by atoms with van der Waals surface area (Å²) in [4.78, 5) is 29.2. The predicted molar refractivity (Wildman–Crippen MR) is 158 cm³/mol. The number of benzene rings is 3. The molecule has 0 saturated heterocycles. The summed E-state index contributed by atoms with van der Waals surface area (Å²) >= 11 is 0. The highest BCUT2D eigenvalue weighted by atomic mass is 16.6. The molecular formula is C32H36N4O5. The van der Waals surface area contributed by atoms with Crippen molar-refractivity contribution >= 4 is 23.8 Å². The van der Waals surface area contributed by atoms with Gasteiger partial charge < -0.3 is 30.1 Å². The number of unbranched alkanes of at least 4 members (excludes halogenated alkanes) is 1. The molecule has 2 aliphatic heterocycles. The highest BCUT2D eigenvalue weighted by molar-refractivity contribution is 5.91. The summed E-state index contributed by atoms with van der Waals surface area (Å²) in [5, 5.41) is 15.3. The van der Waals surface area contributed by atoms with Gasteiger partial charge in [0.1, 0.15) is 11.9 Å². The molecule has 0 bridgehead atoms. The molecule has 214 valence electrons. The van der Waals surface area contributed by atoms with Crippen molar-refractivity contribution in [2.45, 2.75) is 32.0 Å². The third-order valence-corrected chi connectivity index (χ3v) is 7.53. The van der Waals surface area contributed by atoms with Gasteiger partial charge in [-0.3, -0.25) is 9.69 Å². The van der Waals surface area contributed by atoms with Gasteiger partial charge in [-0.15, -0.1) is 0 Å². The number of ether oxygens (including phenoxy) is 2. The quantitative estimate of drug-likeness (QED) is 0.261. The van der Waals surface area contributed by atoms with Crippen LogP contribution in [-0.2, 0) is 17.8 Å². The molecule has 3 aromatic carbocycles. The fraction of sp³-hybridized carbons (Fsp3) is 0.312. The molecular weight excluding hydrogens is 520 g/mol. The van der Waals surface area contributed by atoms with Gasteiger partial charge in [0.2, 0.25) is 5.91 Å². The molecule has 2 heterocycles. The molecule has 9 heteroatoms. The number of phenols is 1. The lowest BCUT2D eigenvalue weighted by molar-refractivity contribution is -0.116. The van der Waals surface area contributed by atoms with Crippen LogP contribution in [0.25, 0.3) is 6.08 Å². The molecule has 0 fully saturated rings. The van der Waals surface area contributed by atoms with Gasteiger partial charge in [0.15, 0.2) is 11.5 Å². The molecule has 3 N–H and O–H groups in total. The van der Waals surface area contributed by atoms with E-state index in [2.05, 4.69) is 51.7 Å². The Morgan fingerprint density at radius 2 is 1.83 bits per heavy atom. The zero-order valence-corrected chi connectivity index (χ0v) is 23.4. The molecule has 0 radical (unpaired) electrons. The number of nitrogens with zero attached hydrogens (tertiary/aromatic N) is 2. The van der Waals surface area contributed by atoms with E-state index < -0.39 is 6.09 Å². The molecule has 1 unspecified atom stereocenters. The van der Waals surface area contributed by atoms with E-state index >= 15 is 0 Å². The van der Waals surface area contributed by atoms with Crippen molar-refractivity contribution in [3.05, 3.63) is 89.0 Å². The van der Waals surface area contributed by atoms with Crippen LogP contribution in [0.5, 0.6) is 17.2 Å². The molecule has 2 aliphatic rings. The van der Waals surface area contributed by atoms with Crippen LogP contribution in [0.15, 0.2) is 66.7 Å². The maximum absolute atomic E-state index is 12.4. The van der Waals surface area contributed by atoms with Crippen LogP contribution in [0.1, 0.15) is 41.3 Å². The van der Waals surface area contributed by atoms with Gasteiger partial charge in [0.25, 0.3) is 0 Å². The molecule has 1 atom stereocenters. The lowest BCUT2D eigenvalue weighted by Crippen LogP contribution is -2.47.